The molecule has 4 heteroatoms. The summed E-state index contributed by atoms with van der Waals surface area (Å²) in [7, 11) is 1.62. The lowest BCUT2D eigenvalue weighted by molar-refractivity contribution is -0.111. The highest BCUT2D eigenvalue weighted by Crippen LogP contribution is 2.37. The summed E-state index contributed by atoms with van der Waals surface area (Å²) in [4.78, 5) is 12.9. The molecule has 4 aromatic carbocycles. The van der Waals surface area contributed by atoms with Crippen LogP contribution < -0.4 is 10.1 Å². The van der Waals surface area contributed by atoms with Gasteiger partial charge < -0.3 is 14.5 Å². The first kappa shape index (κ1) is 21.5. The van der Waals surface area contributed by atoms with Gasteiger partial charge in [-0.05, 0) is 42.5 Å². The lowest BCUT2D eigenvalue weighted by Crippen LogP contribution is -2.09. The van der Waals surface area contributed by atoms with Gasteiger partial charge in [-0.25, -0.2) is 0 Å². The molecule has 4 nitrogen and oxygen atoms in total. The number of allylic oxidation sites excluding steroid dienone is 1. The number of amides is 1. The Bertz CT molecular complexity index is 1540. The van der Waals surface area contributed by atoms with Crippen LogP contribution in [0.2, 0.25) is 0 Å². The summed E-state index contributed by atoms with van der Waals surface area (Å²) in [5.74, 6) is 0.464. The van der Waals surface area contributed by atoms with E-state index < -0.39 is 0 Å². The van der Waals surface area contributed by atoms with Gasteiger partial charge in [-0.15, -0.1) is 0 Å². The van der Waals surface area contributed by atoms with E-state index in [0.29, 0.717) is 5.75 Å². The molecule has 0 saturated heterocycles. The van der Waals surface area contributed by atoms with Crippen LogP contribution in [0.1, 0.15) is 18.1 Å². The van der Waals surface area contributed by atoms with Crippen molar-refractivity contribution in [1.29, 1.82) is 0 Å². The van der Waals surface area contributed by atoms with Crippen molar-refractivity contribution < 1.29 is 13.9 Å². The van der Waals surface area contributed by atoms with Gasteiger partial charge in [0.25, 0.3) is 0 Å². The summed E-state index contributed by atoms with van der Waals surface area (Å²) in [5, 5.41) is 6.08. The van der Waals surface area contributed by atoms with Gasteiger partial charge in [0, 0.05) is 39.7 Å². The van der Waals surface area contributed by atoms with E-state index >= 15 is 0 Å². The zero-order valence-corrected chi connectivity index (χ0v) is 19.4. The van der Waals surface area contributed by atoms with Crippen LogP contribution in [0.4, 0.5) is 5.69 Å². The Kier molecular flexibility index (Phi) is 5.64. The van der Waals surface area contributed by atoms with Crippen LogP contribution in [0.3, 0.4) is 0 Å². The number of furan rings is 1. The van der Waals surface area contributed by atoms with Crippen molar-refractivity contribution in [2.24, 2.45) is 0 Å². The molecule has 1 N–H and O–H groups in total. The Morgan fingerprint density at radius 2 is 1.71 bits per heavy atom. The lowest BCUT2D eigenvalue weighted by Gasteiger charge is -2.11. The monoisotopic (exact) mass is 447 g/mol. The Morgan fingerprint density at radius 1 is 0.941 bits per heavy atom. The third-order valence-corrected chi connectivity index (χ3v) is 6.08. The van der Waals surface area contributed by atoms with E-state index in [-0.39, 0.29) is 5.91 Å². The number of methoxy groups -OCH3 is 1. The molecule has 0 aliphatic carbocycles. The molecule has 5 aromatic rings. The minimum atomic E-state index is -0.193. The lowest BCUT2D eigenvalue weighted by atomic mass is 9.98. The maximum atomic E-state index is 12.9. The van der Waals surface area contributed by atoms with Gasteiger partial charge in [0.05, 0.1) is 13.4 Å². The van der Waals surface area contributed by atoms with E-state index in [1.807, 2.05) is 61.5 Å². The number of carbonyl (C=O) groups excluding carboxylic acids is 1. The number of anilines is 1. The number of fused-ring (bicyclic) bond motifs is 2. The van der Waals surface area contributed by atoms with Crippen molar-refractivity contribution >= 4 is 38.9 Å². The van der Waals surface area contributed by atoms with Crippen molar-refractivity contribution in [2.45, 2.75) is 13.8 Å². The van der Waals surface area contributed by atoms with Crippen molar-refractivity contribution in [1.82, 2.24) is 0 Å². The molecule has 0 radical (unpaired) electrons. The first-order valence-electron chi connectivity index (χ1n) is 11.2. The highest BCUT2D eigenvalue weighted by atomic mass is 16.5. The van der Waals surface area contributed by atoms with Gasteiger partial charge in [-0.2, -0.15) is 0 Å². The van der Waals surface area contributed by atoms with Gasteiger partial charge in [-0.1, -0.05) is 66.2 Å². The molecule has 0 aliphatic heterocycles. The standard InChI is InChI=1S/C30H25NO3/c1-19-11-13-22(14-12-19)26-18-34-29-17-28(33-3)24(16-25(26)29)20(2)15-30(32)31-27-10-6-8-21-7-4-5-9-23(21)27/h4-18H,1-3H3,(H,31,32)/b20-15+. The number of rotatable bonds is 5. The summed E-state index contributed by atoms with van der Waals surface area (Å²) in [6.45, 7) is 3.98. The van der Waals surface area contributed by atoms with E-state index in [4.69, 9.17) is 9.15 Å². The fourth-order valence-electron chi connectivity index (χ4n) is 4.27. The van der Waals surface area contributed by atoms with Crippen LogP contribution in [-0.2, 0) is 4.79 Å². The van der Waals surface area contributed by atoms with Gasteiger partial charge in [-0.3, -0.25) is 4.79 Å². The number of aryl methyl sites for hydroxylation is 1. The Labute approximate surface area is 198 Å². The van der Waals surface area contributed by atoms with Gasteiger partial charge in [0.2, 0.25) is 5.91 Å². The van der Waals surface area contributed by atoms with Crippen molar-refractivity contribution in [3.05, 3.63) is 102 Å². The first-order chi connectivity index (χ1) is 16.5. The van der Waals surface area contributed by atoms with Crippen LogP contribution >= 0.6 is 0 Å². The average molecular weight is 448 g/mol. The number of hydrogen-bond acceptors (Lipinski definition) is 3. The average Bonchev–Trinajstić information content (AvgIpc) is 3.26. The molecule has 0 spiro atoms. The minimum Gasteiger partial charge on any atom is -0.496 e. The van der Waals surface area contributed by atoms with Crippen molar-refractivity contribution in [3.63, 3.8) is 0 Å². The predicted molar refractivity (Wildman–Crippen MR) is 139 cm³/mol. The van der Waals surface area contributed by atoms with E-state index in [1.54, 1.807) is 19.4 Å². The van der Waals surface area contributed by atoms with Crippen molar-refractivity contribution in [3.8, 4) is 16.9 Å². The molecule has 1 amide bonds. The number of ether oxygens (including phenoxy) is 1. The molecule has 1 heterocycles. The van der Waals surface area contributed by atoms with E-state index in [1.165, 1.54) is 5.56 Å². The number of hydrogen-bond donors (Lipinski definition) is 1. The summed E-state index contributed by atoms with van der Waals surface area (Å²) in [6, 6.07) is 26.1. The molecule has 0 saturated carbocycles. The maximum Gasteiger partial charge on any atom is 0.248 e. The molecule has 0 aliphatic rings. The molecule has 34 heavy (non-hydrogen) atoms. The zero-order chi connectivity index (χ0) is 23.7. The highest BCUT2D eigenvalue weighted by molar-refractivity contribution is 6.09. The van der Waals surface area contributed by atoms with E-state index in [9.17, 15) is 4.79 Å². The predicted octanol–water partition coefficient (Wildman–Crippen LogP) is 7.61. The SMILES string of the molecule is COc1cc2occ(-c3ccc(C)cc3)c2cc1/C(C)=C/C(=O)Nc1cccc2ccccc12. The molecule has 0 atom stereocenters. The number of benzene rings is 4. The largest absolute Gasteiger partial charge is 0.496 e. The second-order valence-corrected chi connectivity index (χ2v) is 8.41. The third kappa shape index (κ3) is 4.06. The van der Waals surface area contributed by atoms with Crippen molar-refractivity contribution in [2.75, 3.05) is 12.4 Å². The Hall–Kier alpha value is -4.31. The highest BCUT2D eigenvalue weighted by Gasteiger charge is 2.15. The molecule has 5 rings (SSSR count). The fraction of sp³-hybridized carbons (Fsp3) is 0.100. The quantitative estimate of drug-likeness (QED) is 0.282. The first-order valence-corrected chi connectivity index (χ1v) is 11.2. The molecule has 168 valence electrons. The molecular weight excluding hydrogens is 422 g/mol. The fourth-order valence-corrected chi connectivity index (χ4v) is 4.27. The van der Waals surface area contributed by atoms with Crippen LogP contribution in [0.15, 0.2) is 95.6 Å². The number of nitrogens with one attached hydrogen (secondary N) is 1. The zero-order valence-electron chi connectivity index (χ0n) is 19.4. The summed E-state index contributed by atoms with van der Waals surface area (Å²) < 4.78 is 11.5. The number of carbonyl (C=O) groups is 1. The minimum absolute atomic E-state index is 0.193. The topological polar surface area (TPSA) is 51.5 Å². The maximum absolute atomic E-state index is 12.9. The molecule has 0 bridgehead atoms. The van der Waals surface area contributed by atoms with Gasteiger partial charge in [0.15, 0.2) is 0 Å². The Morgan fingerprint density at radius 3 is 2.50 bits per heavy atom. The molecule has 0 fully saturated rings. The van der Waals surface area contributed by atoms with Gasteiger partial charge in [0.1, 0.15) is 11.3 Å². The van der Waals surface area contributed by atoms with Crippen LogP contribution in [0, 0.1) is 6.92 Å². The summed E-state index contributed by atoms with van der Waals surface area (Å²) in [6.07, 6.45) is 3.38. The van der Waals surface area contributed by atoms with E-state index in [2.05, 4.69) is 36.5 Å². The van der Waals surface area contributed by atoms with Crippen LogP contribution in [-0.4, -0.2) is 13.0 Å². The molecular formula is C30H25NO3. The second-order valence-electron chi connectivity index (χ2n) is 8.41. The molecule has 0 unspecified atom stereocenters. The summed E-state index contributed by atoms with van der Waals surface area (Å²) in [5.41, 5.74) is 6.46. The van der Waals surface area contributed by atoms with Gasteiger partial charge >= 0.3 is 0 Å². The van der Waals surface area contributed by atoms with Crippen LogP contribution in [0.5, 0.6) is 5.75 Å². The third-order valence-electron chi connectivity index (χ3n) is 6.08. The normalized spacial score (nSPS) is 11.7. The van der Waals surface area contributed by atoms with E-state index in [0.717, 1.165) is 49.7 Å². The Balaban J connectivity index is 1.51. The van der Waals surface area contributed by atoms with Crippen LogP contribution in [0.25, 0.3) is 38.4 Å². The smallest absolute Gasteiger partial charge is 0.248 e. The molecule has 1 aromatic heterocycles. The summed E-state index contributed by atoms with van der Waals surface area (Å²) >= 11 is 0. The second kappa shape index (κ2) is 8.91.